The van der Waals surface area contributed by atoms with Crippen molar-refractivity contribution in [2.75, 3.05) is 39.8 Å². The smallest absolute Gasteiger partial charge is 0.0110 e. The Hall–Kier alpha value is -0.340. The summed E-state index contributed by atoms with van der Waals surface area (Å²) in [4.78, 5) is 5.06. The van der Waals surface area contributed by atoms with Crippen molar-refractivity contribution in [1.82, 2.24) is 9.80 Å². The van der Waals surface area contributed by atoms with Gasteiger partial charge in [0.2, 0.25) is 0 Å². The van der Waals surface area contributed by atoms with E-state index in [2.05, 4.69) is 23.4 Å². The fraction of sp³-hybridized carbons (Fsp3) is 0.875. The lowest BCUT2D eigenvalue weighted by Crippen LogP contribution is -2.44. The molecule has 2 nitrogen and oxygen atoms in total. The number of piperazine rings is 1. The van der Waals surface area contributed by atoms with E-state index in [4.69, 9.17) is 0 Å². The first-order chi connectivity index (χ1) is 8.83. The second kappa shape index (κ2) is 10.6. The molecule has 0 radical (unpaired) electrons. The van der Waals surface area contributed by atoms with Gasteiger partial charge >= 0.3 is 0 Å². The maximum atomic E-state index is 3.76. The van der Waals surface area contributed by atoms with E-state index in [0.717, 1.165) is 0 Å². The van der Waals surface area contributed by atoms with Gasteiger partial charge in [0.1, 0.15) is 0 Å². The molecule has 1 rings (SSSR count). The quantitative estimate of drug-likeness (QED) is 0.433. The molecule has 18 heavy (non-hydrogen) atoms. The molecule has 1 saturated heterocycles. The molecule has 0 amide bonds. The lowest BCUT2D eigenvalue weighted by atomic mass is 10.1. The second-order valence-corrected chi connectivity index (χ2v) is 5.70. The van der Waals surface area contributed by atoms with Gasteiger partial charge in [-0.1, -0.05) is 38.2 Å². The SMILES string of the molecule is C=CCCCCCCCCCN1CCN(C)CC1. The first-order valence-corrected chi connectivity index (χ1v) is 7.84. The van der Waals surface area contributed by atoms with Crippen LogP contribution in [0.4, 0.5) is 0 Å². The van der Waals surface area contributed by atoms with Crippen molar-refractivity contribution in [3.63, 3.8) is 0 Å². The molecule has 0 bridgehead atoms. The molecule has 0 atom stereocenters. The van der Waals surface area contributed by atoms with Gasteiger partial charge in [0.15, 0.2) is 0 Å². The Morgan fingerprint density at radius 3 is 2.00 bits per heavy atom. The maximum Gasteiger partial charge on any atom is 0.0110 e. The Kier molecular flexibility index (Phi) is 9.23. The van der Waals surface area contributed by atoms with Crippen LogP contribution < -0.4 is 0 Å². The van der Waals surface area contributed by atoms with Crippen LogP contribution in [-0.2, 0) is 0 Å². The Morgan fingerprint density at radius 1 is 0.833 bits per heavy atom. The molecule has 0 aromatic carbocycles. The van der Waals surface area contributed by atoms with Gasteiger partial charge in [-0.25, -0.2) is 0 Å². The summed E-state index contributed by atoms with van der Waals surface area (Å²) in [7, 11) is 2.23. The minimum absolute atomic E-state index is 1.20. The van der Waals surface area contributed by atoms with Crippen LogP contribution in [0, 0.1) is 0 Å². The largest absolute Gasteiger partial charge is 0.304 e. The predicted molar refractivity (Wildman–Crippen MR) is 81.1 cm³/mol. The molecule has 0 aromatic rings. The third-order valence-electron chi connectivity index (χ3n) is 3.98. The highest BCUT2D eigenvalue weighted by molar-refractivity contribution is 4.69. The fourth-order valence-corrected chi connectivity index (χ4v) is 2.58. The Labute approximate surface area is 114 Å². The first kappa shape index (κ1) is 15.7. The molecule has 0 aromatic heterocycles. The van der Waals surface area contributed by atoms with Crippen LogP contribution in [0.1, 0.15) is 51.4 Å². The number of hydrogen-bond donors (Lipinski definition) is 0. The van der Waals surface area contributed by atoms with Crippen LogP contribution >= 0.6 is 0 Å². The van der Waals surface area contributed by atoms with E-state index in [9.17, 15) is 0 Å². The predicted octanol–water partition coefficient (Wildman–Crippen LogP) is 3.54. The van der Waals surface area contributed by atoms with Gasteiger partial charge in [-0.2, -0.15) is 0 Å². The molecule has 0 unspecified atom stereocenters. The molecular formula is C16H32N2. The van der Waals surface area contributed by atoms with E-state index in [-0.39, 0.29) is 0 Å². The topological polar surface area (TPSA) is 6.48 Å². The standard InChI is InChI=1S/C16H32N2/c1-3-4-5-6-7-8-9-10-11-12-18-15-13-17(2)14-16-18/h3H,1,4-16H2,2H3. The molecule has 1 heterocycles. The zero-order chi connectivity index (χ0) is 13.1. The van der Waals surface area contributed by atoms with Gasteiger partial charge in [-0.3, -0.25) is 0 Å². The van der Waals surface area contributed by atoms with Gasteiger partial charge < -0.3 is 9.80 Å². The van der Waals surface area contributed by atoms with Crippen molar-refractivity contribution in [2.45, 2.75) is 51.4 Å². The minimum Gasteiger partial charge on any atom is -0.304 e. The van der Waals surface area contributed by atoms with Gasteiger partial charge in [-0.05, 0) is 32.9 Å². The summed E-state index contributed by atoms with van der Waals surface area (Å²) in [6, 6.07) is 0. The van der Waals surface area contributed by atoms with Crippen LogP contribution in [0.15, 0.2) is 12.7 Å². The summed E-state index contributed by atoms with van der Waals surface area (Å²) in [5.74, 6) is 0. The zero-order valence-corrected chi connectivity index (χ0v) is 12.4. The normalized spacial score (nSPS) is 18.1. The van der Waals surface area contributed by atoms with Gasteiger partial charge in [0.25, 0.3) is 0 Å². The molecule has 0 N–H and O–H groups in total. The highest BCUT2D eigenvalue weighted by Gasteiger charge is 2.12. The van der Waals surface area contributed by atoms with E-state index in [0.29, 0.717) is 0 Å². The van der Waals surface area contributed by atoms with E-state index in [1.54, 1.807) is 0 Å². The molecule has 1 aliphatic heterocycles. The number of unbranched alkanes of at least 4 members (excludes halogenated alkanes) is 7. The highest BCUT2D eigenvalue weighted by atomic mass is 15.2. The van der Waals surface area contributed by atoms with Gasteiger partial charge in [0.05, 0.1) is 0 Å². The molecule has 1 aliphatic rings. The minimum atomic E-state index is 1.20. The van der Waals surface area contributed by atoms with Crippen LogP contribution in [0.25, 0.3) is 0 Å². The van der Waals surface area contributed by atoms with Crippen molar-refractivity contribution >= 4 is 0 Å². The first-order valence-electron chi connectivity index (χ1n) is 7.84. The van der Waals surface area contributed by atoms with Crippen LogP contribution in [-0.4, -0.2) is 49.6 Å². The molecule has 0 saturated carbocycles. The third-order valence-corrected chi connectivity index (χ3v) is 3.98. The van der Waals surface area contributed by atoms with E-state index in [1.807, 2.05) is 6.08 Å². The molecule has 0 aliphatic carbocycles. The maximum absolute atomic E-state index is 3.76. The van der Waals surface area contributed by atoms with Gasteiger partial charge in [-0.15, -0.1) is 6.58 Å². The Morgan fingerprint density at radius 2 is 1.39 bits per heavy atom. The summed E-state index contributed by atoms with van der Waals surface area (Å²) < 4.78 is 0. The van der Waals surface area contributed by atoms with E-state index in [1.165, 1.54) is 84.1 Å². The molecule has 106 valence electrons. The molecule has 2 heteroatoms. The van der Waals surface area contributed by atoms with Crippen molar-refractivity contribution in [3.8, 4) is 0 Å². The number of likely N-dealkylation sites (N-methyl/N-ethyl adjacent to an activating group) is 1. The molecular weight excluding hydrogens is 220 g/mol. The van der Waals surface area contributed by atoms with Crippen LogP contribution in [0.2, 0.25) is 0 Å². The lowest BCUT2D eigenvalue weighted by Gasteiger charge is -2.32. The van der Waals surface area contributed by atoms with Crippen molar-refractivity contribution < 1.29 is 0 Å². The number of allylic oxidation sites excluding steroid dienone is 1. The Balaban J connectivity index is 1.79. The molecule has 1 fully saturated rings. The summed E-state index contributed by atoms with van der Waals surface area (Å²) >= 11 is 0. The van der Waals surface area contributed by atoms with Crippen molar-refractivity contribution in [3.05, 3.63) is 12.7 Å². The van der Waals surface area contributed by atoms with E-state index < -0.39 is 0 Å². The van der Waals surface area contributed by atoms with Crippen LogP contribution in [0.3, 0.4) is 0 Å². The van der Waals surface area contributed by atoms with Crippen molar-refractivity contribution in [1.29, 1.82) is 0 Å². The summed E-state index contributed by atoms with van der Waals surface area (Å²) in [6.07, 6.45) is 13.1. The Bertz CT molecular complexity index is 195. The zero-order valence-electron chi connectivity index (χ0n) is 12.4. The average molecular weight is 252 g/mol. The summed E-state index contributed by atoms with van der Waals surface area (Å²) in [6.45, 7) is 10.1. The number of hydrogen-bond acceptors (Lipinski definition) is 2. The monoisotopic (exact) mass is 252 g/mol. The van der Waals surface area contributed by atoms with Crippen molar-refractivity contribution in [2.24, 2.45) is 0 Å². The number of nitrogens with zero attached hydrogens (tertiary/aromatic N) is 2. The van der Waals surface area contributed by atoms with E-state index >= 15 is 0 Å². The second-order valence-electron chi connectivity index (χ2n) is 5.70. The van der Waals surface area contributed by atoms with Crippen LogP contribution in [0.5, 0.6) is 0 Å². The number of rotatable bonds is 10. The van der Waals surface area contributed by atoms with Gasteiger partial charge in [0, 0.05) is 26.2 Å². The highest BCUT2D eigenvalue weighted by Crippen LogP contribution is 2.09. The summed E-state index contributed by atoms with van der Waals surface area (Å²) in [5.41, 5.74) is 0. The molecule has 0 spiro atoms. The summed E-state index contributed by atoms with van der Waals surface area (Å²) in [5, 5.41) is 0. The fourth-order valence-electron chi connectivity index (χ4n) is 2.58. The average Bonchev–Trinajstić information content (AvgIpc) is 2.39. The lowest BCUT2D eigenvalue weighted by molar-refractivity contribution is 0.152. The third kappa shape index (κ3) is 7.88.